The van der Waals surface area contributed by atoms with Crippen LogP contribution in [0.5, 0.6) is 0 Å². The molecule has 1 saturated carbocycles. The second-order valence-electron chi connectivity index (χ2n) is 7.97. The van der Waals surface area contributed by atoms with E-state index in [4.69, 9.17) is 4.74 Å². The lowest BCUT2D eigenvalue weighted by Crippen LogP contribution is -2.36. The standard InChI is InChI=1S/C22H30N2OS/c1-2-25-15-12-21(8-7-20-6-4-16-26-20)11-14-24(18-21)22(9-10-22)19-5-3-13-23-17-19/h3-6,13,16-17H,2,7-12,14-15,18H2,1H3/t21-/m0/s1. The molecule has 0 N–H and O–H groups in total. The highest BCUT2D eigenvalue weighted by molar-refractivity contribution is 7.09. The Morgan fingerprint density at radius 2 is 2.12 bits per heavy atom. The van der Waals surface area contributed by atoms with Crippen LogP contribution < -0.4 is 0 Å². The quantitative estimate of drug-likeness (QED) is 0.588. The summed E-state index contributed by atoms with van der Waals surface area (Å²) < 4.78 is 5.75. The van der Waals surface area contributed by atoms with Gasteiger partial charge in [-0.2, -0.15) is 0 Å². The maximum absolute atomic E-state index is 5.75. The van der Waals surface area contributed by atoms with Crippen molar-refractivity contribution in [1.29, 1.82) is 0 Å². The average Bonchev–Trinajstić information content (AvgIpc) is 3.12. The largest absolute Gasteiger partial charge is 0.382 e. The zero-order valence-corrected chi connectivity index (χ0v) is 16.6. The molecule has 26 heavy (non-hydrogen) atoms. The van der Waals surface area contributed by atoms with Crippen LogP contribution in [0.4, 0.5) is 0 Å². The summed E-state index contributed by atoms with van der Waals surface area (Å²) >= 11 is 1.90. The summed E-state index contributed by atoms with van der Waals surface area (Å²) in [6.45, 7) is 6.24. The molecule has 3 nitrogen and oxygen atoms in total. The number of rotatable bonds is 9. The van der Waals surface area contributed by atoms with Gasteiger partial charge in [0.25, 0.3) is 0 Å². The number of ether oxygens (including phenoxy) is 1. The Balaban J connectivity index is 1.47. The molecule has 1 atom stereocenters. The van der Waals surface area contributed by atoms with Crippen molar-refractivity contribution in [2.24, 2.45) is 5.41 Å². The molecule has 1 aliphatic heterocycles. The first-order valence-electron chi connectivity index (χ1n) is 10.0. The first kappa shape index (κ1) is 18.1. The minimum absolute atomic E-state index is 0.268. The summed E-state index contributed by atoms with van der Waals surface area (Å²) in [4.78, 5) is 8.67. The van der Waals surface area contributed by atoms with Gasteiger partial charge in [0.2, 0.25) is 0 Å². The number of aryl methyl sites for hydroxylation is 1. The smallest absolute Gasteiger partial charge is 0.0477 e. The second kappa shape index (κ2) is 7.79. The molecule has 0 bridgehead atoms. The number of thiophene rings is 1. The van der Waals surface area contributed by atoms with E-state index in [1.165, 1.54) is 62.1 Å². The first-order chi connectivity index (χ1) is 12.8. The second-order valence-corrected chi connectivity index (χ2v) is 9.00. The molecule has 2 aromatic rings. The minimum atomic E-state index is 0.268. The highest BCUT2D eigenvalue weighted by Gasteiger charge is 2.54. The van der Waals surface area contributed by atoms with E-state index in [2.05, 4.69) is 52.7 Å². The van der Waals surface area contributed by atoms with Crippen LogP contribution in [0, 0.1) is 5.41 Å². The Kier molecular flexibility index (Phi) is 5.44. The SMILES string of the molecule is CCOCC[C@]1(CCc2cccs2)CCN(C2(c3cccnc3)CC2)C1. The molecule has 2 aliphatic rings. The lowest BCUT2D eigenvalue weighted by molar-refractivity contribution is 0.0934. The van der Waals surface area contributed by atoms with Crippen LogP contribution >= 0.6 is 11.3 Å². The molecule has 4 rings (SSSR count). The van der Waals surface area contributed by atoms with E-state index in [1.807, 2.05) is 17.5 Å². The maximum atomic E-state index is 5.75. The van der Waals surface area contributed by atoms with E-state index >= 15 is 0 Å². The van der Waals surface area contributed by atoms with Crippen LogP contribution in [0.15, 0.2) is 42.0 Å². The maximum Gasteiger partial charge on any atom is 0.0477 e. The molecule has 1 saturated heterocycles. The summed E-state index contributed by atoms with van der Waals surface area (Å²) in [5.74, 6) is 0. The molecular formula is C22H30N2OS. The molecule has 4 heteroatoms. The van der Waals surface area contributed by atoms with Gasteiger partial charge in [0, 0.05) is 42.6 Å². The first-order valence-corrected chi connectivity index (χ1v) is 10.9. The summed E-state index contributed by atoms with van der Waals surface area (Å²) in [5, 5.41) is 2.20. The van der Waals surface area contributed by atoms with Gasteiger partial charge >= 0.3 is 0 Å². The van der Waals surface area contributed by atoms with E-state index in [9.17, 15) is 0 Å². The van der Waals surface area contributed by atoms with Gasteiger partial charge in [-0.1, -0.05) is 12.1 Å². The van der Waals surface area contributed by atoms with Crippen molar-refractivity contribution in [3.05, 3.63) is 52.5 Å². The molecular weight excluding hydrogens is 340 g/mol. The molecule has 0 amide bonds. The molecule has 140 valence electrons. The van der Waals surface area contributed by atoms with E-state index < -0.39 is 0 Å². The number of pyridine rings is 1. The highest BCUT2D eigenvalue weighted by Crippen LogP contribution is 2.55. The van der Waals surface area contributed by atoms with E-state index in [0.29, 0.717) is 5.41 Å². The van der Waals surface area contributed by atoms with Crippen molar-refractivity contribution in [1.82, 2.24) is 9.88 Å². The fourth-order valence-corrected chi connectivity index (χ4v) is 5.36. The van der Waals surface area contributed by atoms with Gasteiger partial charge < -0.3 is 4.74 Å². The molecule has 0 spiro atoms. The fraction of sp³-hybridized carbons (Fsp3) is 0.591. The van der Waals surface area contributed by atoms with E-state index in [1.54, 1.807) is 0 Å². The van der Waals surface area contributed by atoms with Crippen LogP contribution in [0.3, 0.4) is 0 Å². The van der Waals surface area contributed by atoms with Gasteiger partial charge in [0.1, 0.15) is 0 Å². The normalized spacial score (nSPS) is 24.8. The fourth-order valence-electron chi connectivity index (χ4n) is 4.65. The van der Waals surface area contributed by atoms with Crippen LogP contribution in [0.2, 0.25) is 0 Å². The van der Waals surface area contributed by atoms with E-state index in [-0.39, 0.29) is 5.54 Å². The number of likely N-dealkylation sites (tertiary alicyclic amines) is 1. The molecule has 0 radical (unpaired) electrons. The number of aromatic nitrogens is 1. The zero-order valence-electron chi connectivity index (χ0n) is 15.8. The van der Waals surface area contributed by atoms with Crippen LogP contribution in [-0.2, 0) is 16.7 Å². The molecule has 1 aliphatic carbocycles. The predicted molar refractivity (Wildman–Crippen MR) is 108 cm³/mol. The molecule has 0 unspecified atom stereocenters. The highest BCUT2D eigenvalue weighted by atomic mass is 32.1. The van der Waals surface area contributed by atoms with Gasteiger partial charge in [-0.25, -0.2) is 0 Å². The van der Waals surface area contributed by atoms with Gasteiger partial charge in [0.05, 0.1) is 0 Å². The van der Waals surface area contributed by atoms with E-state index in [0.717, 1.165) is 13.2 Å². The Morgan fingerprint density at radius 1 is 1.19 bits per heavy atom. The Hall–Kier alpha value is -1.23. The zero-order chi connectivity index (χ0) is 17.9. The average molecular weight is 371 g/mol. The predicted octanol–water partition coefficient (Wildman–Crippen LogP) is 4.88. The van der Waals surface area contributed by atoms with Gasteiger partial charge in [-0.3, -0.25) is 9.88 Å². The number of nitrogens with zero attached hydrogens (tertiary/aromatic N) is 2. The van der Waals surface area contributed by atoms with Crippen molar-refractivity contribution in [2.45, 2.75) is 51.0 Å². The Morgan fingerprint density at radius 3 is 2.81 bits per heavy atom. The molecule has 3 heterocycles. The van der Waals surface area contributed by atoms with Crippen LogP contribution in [-0.4, -0.2) is 36.2 Å². The molecule has 0 aromatic carbocycles. The van der Waals surface area contributed by atoms with Crippen molar-refractivity contribution in [3.8, 4) is 0 Å². The summed E-state index contributed by atoms with van der Waals surface area (Å²) in [7, 11) is 0. The lowest BCUT2D eigenvalue weighted by atomic mass is 9.79. The molecule has 2 aromatic heterocycles. The molecule has 2 fully saturated rings. The van der Waals surface area contributed by atoms with Gasteiger partial charge in [0.15, 0.2) is 0 Å². The summed E-state index contributed by atoms with van der Waals surface area (Å²) in [6.07, 6.45) is 11.5. The monoisotopic (exact) mass is 370 g/mol. The Bertz CT molecular complexity index is 683. The van der Waals surface area contributed by atoms with Crippen LogP contribution in [0.1, 0.15) is 49.5 Å². The third kappa shape index (κ3) is 3.73. The summed E-state index contributed by atoms with van der Waals surface area (Å²) in [6, 6.07) is 8.82. The van der Waals surface area contributed by atoms with Crippen molar-refractivity contribution >= 4 is 11.3 Å². The van der Waals surface area contributed by atoms with Crippen molar-refractivity contribution in [3.63, 3.8) is 0 Å². The summed E-state index contributed by atoms with van der Waals surface area (Å²) in [5.41, 5.74) is 2.08. The topological polar surface area (TPSA) is 25.4 Å². The number of hydrogen-bond donors (Lipinski definition) is 0. The third-order valence-electron chi connectivity index (χ3n) is 6.43. The Labute approximate surface area is 161 Å². The lowest BCUT2D eigenvalue weighted by Gasteiger charge is -2.33. The third-order valence-corrected chi connectivity index (χ3v) is 7.36. The van der Waals surface area contributed by atoms with Crippen molar-refractivity contribution < 1.29 is 4.74 Å². The minimum Gasteiger partial charge on any atom is -0.382 e. The van der Waals surface area contributed by atoms with Gasteiger partial charge in [-0.15, -0.1) is 11.3 Å². The van der Waals surface area contributed by atoms with Gasteiger partial charge in [-0.05, 0) is 80.5 Å². The number of hydrogen-bond acceptors (Lipinski definition) is 4. The van der Waals surface area contributed by atoms with Crippen molar-refractivity contribution in [2.75, 3.05) is 26.3 Å². The van der Waals surface area contributed by atoms with Crippen LogP contribution in [0.25, 0.3) is 0 Å².